The van der Waals surface area contributed by atoms with Crippen LogP contribution in [0, 0.1) is 5.41 Å². The lowest BCUT2D eigenvalue weighted by atomic mass is 9.93. The number of nitrogens with zero attached hydrogens (tertiary/aromatic N) is 1. The Morgan fingerprint density at radius 2 is 1.83 bits per heavy atom. The Labute approximate surface area is 152 Å². The van der Waals surface area contributed by atoms with Gasteiger partial charge in [-0.1, -0.05) is 29.8 Å². The summed E-state index contributed by atoms with van der Waals surface area (Å²) in [6.45, 7) is 5.48. The van der Waals surface area contributed by atoms with Crippen LogP contribution in [-0.4, -0.2) is 43.4 Å². The maximum absolute atomic E-state index is 12.0. The van der Waals surface area contributed by atoms with Gasteiger partial charge in [-0.05, 0) is 36.2 Å². The molecule has 7 heteroatoms. The third-order valence-electron chi connectivity index (χ3n) is 3.37. The minimum atomic E-state index is -0.176. The fourth-order valence-corrected chi connectivity index (χ4v) is 2.24. The molecule has 0 atom stereocenters. The molecule has 2 amide bonds. The molecule has 0 fully saturated rings. The number of carbonyl (C=O) groups is 2. The van der Waals surface area contributed by atoms with E-state index >= 15 is 0 Å². The van der Waals surface area contributed by atoms with Gasteiger partial charge in [-0.2, -0.15) is 0 Å². The molecule has 5 nitrogen and oxygen atoms in total. The van der Waals surface area contributed by atoms with E-state index in [2.05, 4.69) is 21.2 Å². The second kappa shape index (κ2) is 9.90. The van der Waals surface area contributed by atoms with Crippen molar-refractivity contribution >= 4 is 40.2 Å². The van der Waals surface area contributed by atoms with Crippen molar-refractivity contribution in [1.29, 1.82) is 0 Å². The van der Waals surface area contributed by atoms with Gasteiger partial charge in [0.05, 0.1) is 0 Å². The molecule has 0 aliphatic rings. The van der Waals surface area contributed by atoms with Gasteiger partial charge in [0.2, 0.25) is 5.91 Å². The van der Waals surface area contributed by atoms with Gasteiger partial charge in [-0.15, -0.1) is 12.4 Å². The maximum atomic E-state index is 12.0. The first-order valence-electron chi connectivity index (χ1n) is 7.23. The second-order valence-electron chi connectivity index (χ2n) is 6.13. The number of hydrogen-bond acceptors (Lipinski definition) is 3. The lowest BCUT2D eigenvalue weighted by Crippen LogP contribution is -2.40. The van der Waals surface area contributed by atoms with Crippen LogP contribution in [-0.2, 0) is 4.79 Å². The monoisotopic (exact) mass is 405 g/mol. The Hall–Kier alpha value is -1.11. The van der Waals surface area contributed by atoms with Crippen LogP contribution in [0.4, 0.5) is 0 Å². The summed E-state index contributed by atoms with van der Waals surface area (Å²) in [5.74, 6) is -0.178. The number of rotatable bonds is 7. The van der Waals surface area contributed by atoms with Gasteiger partial charge in [0.15, 0.2) is 0 Å². The van der Waals surface area contributed by atoms with Crippen molar-refractivity contribution < 1.29 is 9.59 Å². The standard InChI is InChI=1S/C16H24BrN3O2.ClH/c1-16(2,10-18)11-20(3)14(21)8-9-19-15(22)12-4-6-13(17)7-5-12;/h4-7H,8-11,18H2,1-3H3,(H,19,22);1H. The van der Waals surface area contributed by atoms with Gasteiger partial charge in [0, 0.05) is 36.6 Å². The van der Waals surface area contributed by atoms with Crippen LogP contribution >= 0.6 is 28.3 Å². The maximum Gasteiger partial charge on any atom is 0.251 e. The van der Waals surface area contributed by atoms with E-state index in [1.165, 1.54) is 0 Å². The van der Waals surface area contributed by atoms with Gasteiger partial charge in [0.1, 0.15) is 0 Å². The van der Waals surface area contributed by atoms with Crippen molar-refractivity contribution in [3.05, 3.63) is 34.3 Å². The molecule has 1 aromatic rings. The molecule has 3 N–H and O–H groups in total. The van der Waals surface area contributed by atoms with Gasteiger partial charge in [-0.3, -0.25) is 9.59 Å². The Balaban J connectivity index is 0.00000484. The molecule has 0 saturated carbocycles. The summed E-state index contributed by atoms with van der Waals surface area (Å²) < 4.78 is 0.920. The largest absolute Gasteiger partial charge is 0.352 e. The first kappa shape index (κ1) is 21.9. The summed E-state index contributed by atoms with van der Waals surface area (Å²) in [6, 6.07) is 7.08. The van der Waals surface area contributed by atoms with Crippen molar-refractivity contribution in [2.75, 3.05) is 26.7 Å². The summed E-state index contributed by atoms with van der Waals surface area (Å²) in [7, 11) is 1.76. The molecule has 1 aromatic carbocycles. The molecule has 23 heavy (non-hydrogen) atoms. The number of amides is 2. The summed E-state index contributed by atoms with van der Waals surface area (Å²) in [4.78, 5) is 25.6. The number of benzene rings is 1. The fourth-order valence-electron chi connectivity index (χ4n) is 1.97. The molecule has 0 bridgehead atoms. The van der Waals surface area contributed by atoms with Gasteiger partial charge in [0.25, 0.3) is 5.91 Å². The predicted molar refractivity (Wildman–Crippen MR) is 98.8 cm³/mol. The molecule has 0 aliphatic carbocycles. The fraction of sp³-hybridized carbons (Fsp3) is 0.500. The van der Waals surface area contributed by atoms with E-state index in [0.29, 0.717) is 25.2 Å². The topological polar surface area (TPSA) is 75.4 Å². The minimum Gasteiger partial charge on any atom is -0.352 e. The summed E-state index contributed by atoms with van der Waals surface area (Å²) in [5, 5.41) is 2.75. The highest BCUT2D eigenvalue weighted by Crippen LogP contribution is 2.14. The molecular formula is C16H25BrClN3O2. The van der Waals surface area contributed by atoms with Crippen molar-refractivity contribution in [3.63, 3.8) is 0 Å². The molecule has 0 heterocycles. The highest BCUT2D eigenvalue weighted by Gasteiger charge is 2.20. The zero-order chi connectivity index (χ0) is 16.8. The summed E-state index contributed by atoms with van der Waals surface area (Å²) in [5.41, 5.74) is 6.14. The molecule has 0 unspecified atom stereocenters. The van der Waals surface area contributed by atoms with Crippen molar-refractivity contribution in [2.45, 2.75) is 20.3 Å². The van der Waals surface area contributed by atoms with E-state index < -0.39 is 0 Å². The zero-order valence-electron chi connectivity index (χ0n) is 13.8. The smallest absolute Gasteiger partial charge is 0.251 e. The Bertz CT molecular complexity index is 521. The Morgan fingerprint density at radius 1 is 1.26 bits per heavy atom. The number of nitrogens with two attached hydrogens (primary N) is 1. The van der Waals surface area contributed by atoms with E-state index in [4.69, 9.17) is 5.73 Å². The third kappa shape index (κ3) is 7.81. The summed E-state index contributed by atoms with van der Waals surface area (Å²) >= 11 is 3.32. The van der Waals surface area contributed by atoms with E-state index in [9.17, 15) is 9.59 Å². The third-order valence-corrected chi connectivity index (χ3v) is 3.90. The average molecular weight is 407 g/mol. The first-order chi connectivity index (χ1) is 10.2. The predicted octanol–water partition coefficient (Wildman–Crippen LogP) is 2.43. The lowest BCUT2D eigenvalue weighted by molar-refractivity contribution is -0.130. The van der Waals surface area contributed by atoms with Crippen molar-refractivity contribution in [2.24, 2.45) is 11.1 Å². The van der Waals surface area contributed by atoms with Crippen molar-refractivity contribution in [3.8, 4) is 0 Å². The minimum absolute atomic E-state index is 0. The van der Waals surface area contributed by atoms with E-state index in [-0.39, 0.29) is 36.1 Å². The van der Waals surface area contributed by atoms with Crippen LogP contribution < -0.4 is 11.1 Å². The normalized spacial score (nSPS) is 10.7. The van der Waals surface area contributed by atoms with Crippen LogP contribution in [0.1, 0.15) is 30.6 Å². The van der Waals surface area contributed by atoms with Gasteiger partial charge < -0.3 is 16.0 Å². The van der Waals surface area contributed by atoms with Crippen LogP contribution in [0.2, 0.25) is 0 Å². The highest BCUT2D eigenvalue weighted by atomic mass is 79.9. The number of hydrogen-bond donors (Lipinski definition) is 2. The number of carbonyl (C=O) groups excluding carboxylic acids is 2. The molecule has 130 valence electrons. The first-order valence-corrected chi connectivity index (χ1v) is 8.02. The van der Waals surface area contributed by atoms with Gasteiger partial charge >= 0.3 is 0 Å². The second-order valence-corrected chi connectivity index (χ2v) is 7.05. The van der Waals surface area contributed by atoms with E-state index in [0.717, 1.165) is 4.47 Å². The molecule has 0 aromatic heterocycles. The van der Waals surface area contributed by atoms with E-state index in [1.54, 1.807) is 24.1 Å². The number of nitrogens with one attached hydrogen (secondary N) is 1. The van der Waals surface area contributed by atoms with Crippen molar-refractivity contribution in [1.82, 2.24) is 10.2 Å². The number of halogens is 2. The molecule has 0 radical (unpaired) electrons. The van der Waals surface area contributed by atoms with Crippen LogP contribution in [0.3, 0.4) is 0 Å². The van der Waals surface area contributed by atoms with Gasteiger partial charge in [-0.25, -0.2) is 0 Å². The average Bonchev–Trinajstić information content (AvgIpc) is 2.47. The Morgan fingerprint density at radius 3 is 2.35 bits per heavy atom. The lowest BCUT2D eigenvalue weighted by Gasteiger charge is -2.29. The molecule has 0 spiro atoms. The highest BCUT2D eigenvalue weighted by molar-refractivity contribution is 9.10. The van der Waals surface area contributed by atoms with E-state index in [1.807, 2.05) is 26.0 Å². The molecule has 0 aliphatic heterocycles. The van der Waals surface area contributed by atoms with Crippen LogP contribution in [0.25, 0.3) is 0 Å². The zero-order valence-corrected chi connectivity index (χ0v) is 16.2. The van der Waals surface area contributed by atoms with Crippen LogP contribution in [0.5, 0.6) is 0 Å². The molecule has 1 rings (SSSR count). The molecule has 0 saturated heterocycles. The Kier molecular flexibility index (Phi) is 9.42. The summed E-state index contributed by atoms with van der Waals surface area (Å²) in [6.07, 6.45) is 0.277. The molecular weight excluding hydrogens is 382 g/mol. The SMILES string of the molecule is CN(CC(C)(C)CN)C(=O)CCNC(=O)c1ccc(Br)cc1.Cl. The van der Waals surface area contributed by atoms with Crippen LogP contribution in [0.15, 0.2) is 28.7 Å². The quantitative estimate of drug-likeness (QED) is 0.730.